The highest BCUT2D eigenvalue weighted by atomic mass is 35.5. The lowest BCUT2D eigenvalue weighted by atomic mass is 9.63. The Kier molecular flexibility index (Phi) is 7.78. The molecule has 1 unspecified atom stereocenters. The highest BCUT2D eigenvalue weighted by Crippen LogP contribution is 2.47. The minimum Gasteiger partial charge on any atom is -0.466 e. The fourth-order valence-corrected chi connectivity index (χ4v) is 6.41. The van der Waals surface area contributed by atoms with Crippen molar-refractivity contribution in [1.82, 2.24) is 10.2 Å². The molecule has 6 heteroatoms. The molecule has 1 amide bonds. The third kappa shape index (κ3) is 4.84. The zero-order valence-corrected chi connectivity index (χ0v) is 20.0. The number of carbonyl (C=O) groups is 2. The number of esters is 1. The molecule has 1 saturated carbocycles. The standard InChI is InChI=1S/C26H37ClN2O3/c1-2-32-25(31)26(20-6-4-3-5-7-20)13-16-29(17-14-26)24(30)22-12-15-28-18-23(22)19-8-10-21(27)11-9-19/h8-11,20,22-23,28H,2-7,12-18H2,1H3/t22?,23-/m0/s1. The maximum Gasteiger partial charge on any atom is 0.312 e. The van der Waals surface area contributed by atoms with Crippen LogP contribution >= 0.6 is 11.6 Å². The summed E-state index contributed by atoms with van der Waals surface area (Å²) in [7, 11) is 0. The van der Waals surface area contributed by atoms with Crippen LogP contribution in [0.25, 0.3) is 0 Å². The lowest BCUT2D eigenvalue weighted by Crippen LogP contribution is -2.53. The fourth-order valence-electron chi connectivity index (χ4n) is 6.28. The quantitative estimate of drug-likeness (QED) is 0.642. The molecule has 2 aliphatic heterocycles. The molecule has 1 aromatic rings. The Hall–Kier alpha value is -1.59. The van der Waals surface area contributed by atoms with Gasteiger partial charge in [0, 0.05) is 36.5 Å². The molecular weight excluding hydrogens is 424 g/mol. The Morgan fingerprint density at radius 3 is 2.44 bits per heavy atom. The number of halogens is 1. The Morgan fingerprint density at radius 2 is 1.78 bits per heavy atom. The van der Waals surface area contributed by atoms with E-state index in [1.807, 2.05) is 36.1 Å². The first-order valence-electron chi connectivity index (χ1n) is 12.5. The van der Waals surface area contributed by atoms with Gasteiger partial charge in [-0.1, -0.05) is 43.0 Å². The molecule has 5 nitrogen and oxygen atoms in total. The average molecular weight is 461 g/mol. The van der Waals surface area contributed by atoms with E-state index in [4.69, 9.17) is 16.3 Å². The number of benzene rings is 1. The normalized spacial score (nSPS) is 26.5. The van der Waals surface area contributed by atoms with E-state index in [1.54, 1.807) is 0 Å². The second-order valence-corrected chi connectivity index (χ2v) is 10.2. The summed E-state index contributed by atoms with van der Waals surface area (Å²) in [5.74, 6) is 0.742. The second kappa shape index (κ2) is 10.6. The molecule has 2 atom stereocenters. The second-order valence-electron chi connectivity index (χ2n) is 9.79. The number of rotatable bonds is 5. The first-order valence-corrected chi connectivity index (χ1v) is 12.8. The Labute approximate surface area is 197 Å². The van der Waals surface area contributed by atoms with Crippen molar-refractivity contribution >= 4 is 23.5 Å². The lowest BCUT2D eigenvalue weighted by Gasteiger charge is -2.47. The van der Waals surface area contributed by atoms with Crippen LogP contribution in [-0.2, 0) is 14.3 Å². The summed E-state index contributed by atoms with van der Waals surface area (Å²) in [6.07, 6.45) is 8.20. The first-order chi connectivity index (χ1) is 15.5. The zero-order valence-electron chi connectivity index (χ0n) is 19.3. The first kappa shape index (κ1) is 23.6. The molecule has 32 heavy (non-hydrogen) atoms. The summed E-state index contributed by atoms with van der Waals surface area (Å²) in [6, 6.07) is 7.91. The summed E-state index contributed by atoms with van der Waals surface area (Å²) in [5.41, 5.74) is 0.761. The number of hydrogen-bond donors (Lipinski definition) is 1. The van der Waals surface area contributed by atoms with Gasteiger partial charge in [-0.05, 0) is 69.2 Å². The number of piperidine rings is 2. The minimum absolute atomic E-state index is 0.0257. The van der Waals surface area contributed by atoms with Crippen LogP contribution in [0.15, 0.2) is 24.3 Å². The van der Waals surface area contributed by atoms with E-state index in [0.29, 0.717) is 25.6 Å². The van der Waals surface area contributed by atoms with Crippen molar-refractivity contribution in [2.24, 2.45) is 17.3 Å². The van der Waals surface area contributed by atoms with E-state index in [9.17, 15) is 9.59 Å². The highest BCUT2D eigenvalue weighted by molar-refractivity contribution is 6.30. The van der Waals surface area contributed by atoms with Crippen molar-refractivity contribution in [2.75, 3.05) is 32.8 Å². The third-order valence-corrected chi connectivity index (χ3v) is 8.39. The molecule has 1 aromatic carbocycles. The topological polar surface area (TPSA) is 58.6 Å². The molecule has 0 radical (unpaired) electrons. The van der Waals surface area contributed by atoms with E-state index in [0.717, 1.165) is 50.2 Å². The van der Waals surface area contributed by atoms with E-state index in [-0.39, 0.29) is 23.7 Å². The summed E-state index contributed by atoms with van der Waals surface area (Å²) < 4.78 is 5.57. The van der Waals surface area contributed by atoms with Crippen LogP contribution in [0.2, 0.25) is 5.02 Å². The molecular formula is C26H37ClN2O3. The number of hydrogen-bond acceptors (Lipinski definition) is 4. The van der Waals surface area contributed by atoms with Crippen LogP contribution in [-0.4, -0.2) is 49.6 Å². The van der Waals surface area contributed by atoms with E-state index >= 15 is 0 Å². The van der Waals surface area contributed by atoms with E-state index < -0.39 is 5.41 Å². The van der Waals surface area contributed by atoms with Gasteiger partial charge in [-0.2, -0.15) is 0 Å². The monoisotopic (exact) mass is 460 g/mol. The van der Waals surface area contributed by atoms with E-state index in [1.165, 1.54) is 24.8 Å². The van der Waals surface area contributed by atoms with Gasteiger partial charge in [0.1, 0.15) is 0 Å². The Morgan fingerprint density at radius 1 is 1.09 bits per heavy atom. The predicted molar refractivity (Wildman–Crippen MR) is 127 cm³/mol. The van der Waals surface area contributed by atoms with Gasteiger partial charge < -0.3 is 15.0 Å². The van der Waals surface area contributed by atoms with Crippen LogP contribution in [0.3, 0.4) is 0 Å². The largest absolute Gasteiger partial charge is 0.466 e. The zero-order chi connectivity index (χ0) is 22.6. The van der Waals surface area contributed by atoms with Crippen molar-refractivity contribution in [2.45, 2.75) is 64.2 Å². The molecule has 2 saturated heterocycles. The highest BCUT2D eigenvalue weighted by Gasteiger charge is 2.50. The maximum absolute atomic E-state index is 13.6. The van der Waals surface area contributed by atoms with Gasteiger partial charge in [-0.25, -0.2) is 0 Å². The van der Waals surface area contributed by atoms with Crippen molar-refractivity contribution in [3.8, 4) is 0 Å². The van der Waals surface area contributed by atoms with E-state index in [2.05, 4.69) is 5.32 Å². The molecule has 1 aliphatic carbocycles. The molecule has 3 fully saturated rings. The van der Waals surface area contributed by atoms with Gasteiger partial charge in [0.2, 0.25) is 5.91 Å². The number of nitrogens with one attached hydrogen (secondary N) is 1. The molecule has 3 aliphatic rings. The summed E-state index contributed by atoms with van der Waals surface area (Å²) in [4.78, 5) is 28.8. The molecule has 1 N–H and O–H groups in total. The maximum atomic E-state index is 13.6. The van der Waals surface area contributed by atoms with Crippen molar-refractivity contribution < 1.29 is 14.3 Å². The molecule has 2 heterocycles. The van der Waals surface area contributed by atoms with Crippen LogP contribution in [0.4, 0.5) is 0 Å². The van der Waals surface area contributed by atoms with Crippen molar-refractivity contribution in [3.05, 3.63) is 34.9 Å². The molecule has 0 bridgehead atoms. The number of nitrogens with zero attached hydrogens (tertiary/aromatic N) is 1. The third-order valence-electron chi connectivity index (χ3n) is 8.13. The summed E-state index contributed by atoms with van der Waals surface area (Å²) in [5, 5.41) is 4.17. The van der Waals surface area contributed by atoms with Gasteiger partial charge in [-0.3, -0.25) is 9.59 Å². The molecule has 0 spiro atoms. The van der Waals surface area contributed by atoms with Gasteiger partial charge >= 0.3 is 5.97 Å². The van der Waals surface area contributed by atoms with Crippen LogP contribution in [0, 0.1) is 17.3 Å². The van der Waals surface area contributed by atoms with Crippen LogP contribution in [0.1, 0.15) is 69.8 Å². The van der Waals surface area contributed by atoms with Gasteiger partial charge in [-0.15, -0.1) is 0 Å². The Balaban J connectivity index is 1.47. The van der Waals surface area contributed by atoms with Gasteiger partial charge in [0.05, 0.1) is 12.0 Å². The lowest BCUT2D eigenvalue weighted by molar-refractivity contribution is -0.166. The number of ether oxygens (including phenoxy) is 1. The van der Waals surface area contributed by atoms with Crippen LogP contribution < -0.4 is 5.32 Å². The summed E-state index contributed by atoms with van der Waals surface area (Å²) >= 11 is 6.08. The molecule has 176 valence electrons. The fraction of sp³-hybridized carbons (Fsp3) is 0.692. The predicted octanol–water partition coefficient (Wildman–Crippen LogP) is 4.79. The number of likely N-dealkylation sites (tertiary alicyclic amines) is 1. The smallest absolute Gasteiger partial charge is 0.312 e. The molecule has 0 aromatic heterocycles. The van der Waals surface area contributed by atoms with Gasteiger partial charge in [0.15, 0.2) is 0 Å². The minimum atomic E-state index is -0.406. The summed E-state index contributed by atoms with van der Waals surface area (Å²) in [6.45, 7) is 5.30. The van der Waals surface area contributed by atoms with Gasteiger partial charge in [0.25, 0.3) is 0 Å². The molecule has 4 rings (SSSR count). The number of amides is 1. The SMILES string of the molecule is CCOC(=O)C1(C2CCCCC2)CCN(C(=O)C2CCNC[C@H]2c2ccc(Cl)cc2)CC1. The number of carbonyl (C=O) groups excluding carboxylic acids is 2. The van der Waals surface area contributed by atoms with Crippen molar-refractivity contribution in [1.29, 1.82) is 0 Å². The van der Waals surface area contributed by atoms with Crippen molar-refractivity contribution in [3.63, 3.8) is 0 Å². The Bertz CT molecular complexity index is 783. The van der Waals surface area contributed by atoms with Crippen LogP contribution in [0.5, 0.6) is 0 Å². The average Bonchev–Trinajstić information content (AvgIpc) is 2.85.